The molecule has 1 saturated carbocycles. The summed E-state index contributed by atoms with van der Waals surface area (Å²) in [4.78, 5) is 12.0. The summed E-state index contributed by atoms with van der Waals surface area (Å²) in [5.74, 6) is -0.705. The zero-order valence-corrected chi connectivity index (χ0v) is 13.2. The maximum atomic E-state index is 13.5. The molecule has 2 aromatic rings. The smallest absolute Gasteiger partial charge is 0.319 e. The molecule has 1 aliphatic rings. The first-order chi connectivity index (χ1) is 11.5. The number of nitrogens with one attached hydrogen (secondary N) is 2. The first kappa shape index (κ1) is 16.2. The molecule has 0 aromatic heterocycles. The molecular weight excluding hydrogens is 314 g/mol. The number of carbonyl (C=O) groups is 1. The van der Waals surface area contributed by atoms with Crippen LogP contribution in [0.3, 0.4) is 0 Å². The summed E-state index contributed by atoms with van der Waals surface area (Å²) in [5.41, 5.74) is 1.00. The Morgan fingerprint density at radius 1 is 1.17 bits per heavy atom. The fraction of sp³-hybridized carbons (Fsp3) is 0.278. The van der Waals surface area contributed by atoms with E-state index in [4.69, 9.17) is 4.74 Å². The highest BCUT2D eigenvalue weighted by Gasteiger charge is 2.44. The van der Waals surface area contributed by atoms with Gasteiger partial charge >= 0.3 is 6.03 Å². The van der Waals surface area contributed by atoms with E-state index in [1.54, 1.807) is 7.11 Å². The van der Waals surface area contributed by atoms with Crippen molar-refractivity contribution in [2.24, 2.45) is 0 Å². The summed E-state index contributed by atoms with van der Waals surface area (Å²) < 4.78 is 31.5. The Kier molecular flexibility index (Phi) is 4.38. The predicted molar refractivity (Wildman–Crippen MR) is 87.3 cm³/mol. The van der Waals surface area contributed by atoms with Gasteiger partial charge in [0.15, 0.2) is 0 Å². The fourth-order valence-electron chi connectivity index (χ4n) is 2.67. The number of carbonyl (C=O) groups excluding carboxylic acids is 1. The number of hydrogen-bond donors (Lipinski definition) is 2. The summed E-state index contributed by atoms with van der Waals surface area (Å²) in [6.07, 6.45) is 1.95. The summed E-state index contributed by atoms with van der Waals surface area (Å²) in [6.45, 7) is 0.452. The molecule has 0 radical (unpaired) electrons. The average molecular weight is 332 g/mol. The van der Waals surface area contributed by atoms with E-state index < -0.39 is 17.7 Å². The molecule has 0 bridgehead atoms. The molecule has 0 heterocycles. The Bertz CT molecular complexity index is 743. The largest absolute Gasteiger partial charge is 0.497 e. The number of benzene rings is 2. The topological polar surface area (TPSA) is 50.4 Å². The molecule has 2 amide bonds. The lowest BCUT2D eigenvalue weighted by Crippen LogP contribution is -2.35. The van der Waals surface area contributed by atoms with E-state index in [1.807, 2.05) is 24.3 Å². The van der Waals surface area contributed by atoms with E-state index in [0.717, 1.165) is 36.3 Å². The molecule has 0 atom stereocenters. The van der Waals surface area contributed by atoms with E-state index in [1.165, 1.54) is 6.07 Å². The monoisotopic (exact) mass is 332 g/mol. The number of anilines is 1. The summed E-state index contributed by atoms with van der Waals surface area (Å²) in [5, 5.41) is 5.16. The van der Waals surface area contributed by atoms with Crippen LogP contribution in [-0.4, -0.2) is 19.7 Å². The Balaban J connectivity index is 1.59. The van der Waals surface area contributed by atoms with Crippen LogP contribution in [0.5, 0.6) is 5.75 Å². The van der Waals surface area contributed by atoms with E-state index in [9.17, 15) is 13.6 Å². The molecule has 126 valence electrons. The minimum atomic E-state index is -0.804. The van der Waals surface area contributed by atoms with Crippen molar-refractivity contribution >= 4 is 11.7 Å². The van der Waals surface area contributed by atoms with E-state index in [-0.39, 0.29) is 11.1 Å². The molecule has 24 heavy (non-hydrogen) atoms. The first-order valence-corrected chi connectivity index (χ1v) is 7.67. The molecule has 2 aromatic carbocycles. The molecule has 3 rings (SSSR count). The number of hydrogen-bond acceptors (Lipinski definition) is 2. The minimum Gasteiger partial charge on any atom is -0.497 e. The number of halogens is 2. The summed E-state index contributed by atoms with van der Waals surface area (Å²) >= 11 is 0. The van der Waals surface area contributed by atoms with E-state index in [2.05, 4.69) is 10.6 Å². The molecule has 0 spiro atoms. The van der Waals surface area contributed by atoms with Crippen LogP contribution >= 0.6 is 0 Å². The highest BCUT2D eigenvalue weighted by molar-refractivity contribution is 5.89. The maximum absolute atomic E-state index is 13.5. The second-order valence-electron chi connectivity index (χ2n) is 5.94. The van der Waals surface area contributed by atoms with Crippen LogP contribution in [0.4, 0.5) is 19.3 Å². The van der Waals surface area contributed by atoms with Gasteiger partial charge in [-0.2, -0.15) is 0 Å². The van der Waals surface area contributed by atoms with Gasteiger partial charge in [-0.05, 0) is 42.7 Å². The molecule has 6 heteroatoms. The number of ether oxygens (including phenoxy) is 1. The van der Waals surface area contributed by atoms with Crippen molar-refractivity contribution in [1.29, 1.82) is 0 Å². The number of urea groups is 1. The van der Waals surface area contributed by atoms with Crippen molar-refractivity contribution in [3.63, 3.8) is 0 Å². The van der Waals surface area contributed by atoms with Crippen molar-refractivity contribution in [3.05, 3.63) is 59.7 Å². The van der Waals surface area contributed by atoms with Gasteiger partial charge in [-0.1, -0.05) is 12.1 Å². The van der Waals surface area contributed by atoms with Gasteiger partial charge in [0.2, 0.25) is 0 Å². The Hall–Kier alpha value is -2.63. The predicted octanol–water partition coefficient (Wildman–Crippen LogP) is 3.83. The van der Waals surface area contributed by atoms with Gasteiger partial charge in [0, 0.05) is 18.0 Å². The zero-order chi connectivity index (χ0) is 17.2. The van der Waals surface area contributed by atoms with Crippen LogP contribution in [0.2, 0.25) is 0 Å². The molecular formula is C18H18F2N2O2. The lowest BCUT2D eigenvalue weighted by atomic mass is 9.96. The van der Waals surface area contributed by atoms with Gasteiger partial charge < -0.3 is 15.4 Å². The summed E-state index contributed by atoms with van der Waals surface area (Å²) in [6, 6.07) is 10.3. The van der Waals surface area contributed by atoms with Gasteiger partial charge in [-0.25, -0.2) is 13.6 Å². The van der Waals surface area contributed by atoms with E-state index >= 15 is 0 Å². The Labute approximate surface area is 138 Å². The van der Waals surface area contributed by atoms with Crippen LogP contribution < -0.4 is 15.4 Å². The lowest BCUT2D eigenvalue weighted by Gasteiger charge is -2.17. The number of amides is 2. The third kappa shape index (κ3) is 3.48. The zero-order valence-electron chi connectivity index (χ0n) is 13.2. The number of rotatable bonds is 5. The van der Waals surface area contributed by atoms with Gasteiger partial charge in [0.1, 0.15) is 17.4 Å². The Morgan fingerprint density at radius 2 is 1.88 bits per heavy atom. The van der Waals surface area contributed by atoms with Gasteiger partial charge in [-0.3, -0.25) is 0 Å². The SMILES string of the molecule is COc1ccc(C2(CNC(=O)Nc3ccc(F)cc3F)CC2)cc1. The van der Waals surface area contributed by atoms with Crippen LogP contribution in [-0.2, 0) is 5.41 Å². The van der Waals surface area contributed by atoms with Gasteiger partial charge in [-0.15, -0.1) is 0 Å². The third-order valence-electron chi connectivity index (χ3n) is 4.32. The Morgan fingerprint density at radius 3 is 2.46 bits per heavy atom. The standard InChI is InChI=1S/C18H18F2N2O2/c1-24-14-5-2-12(3-6-14)18(8-9-18)11-21-17(23)22-16-7-4-13(19)10-15(16)20/h2-7,10H,8-9,11H2,1H3,(H2,21,22,23). The van der Waals surface area contributed by atoms with Crippen LogP contribution in [0.1, 0.15) is 18.4 Å². The van der Waals surface area contributed by atoms with Crippen molar-refractivity contribution in [3.8, 4) is 5.75 Å². The maximum Gasteiger partial charge on any atom is 0.319 e. The van der Waals surface area contributed by atoms with Crippen LogP contribution in [0, 0.1) is 11.6 Å². The third-order valence-corrected chi connectivity index (χ3v) is 4.32. The molecule has 1 aliphatic carbocycles. The quantitative estimate of drug-likeness (QED) is 0.874. The second kappa shape index (κ2) is 6.47. The molecule has 0 unspecified atom stereocenters. The minimum absolute atomic E-state index is 0.0526. The molecule has 2 N–H and O–H groups in total. The average Bonchev–Trinajstić information content (AvgIpc) is 3.37. The summed E-state index contributed by atoms with van der Waals surface area (Å²) in [7, 11) is 1.61. The molecule has 0 aliphatic heterocycles. The number of methoxy groups -OCH3 is 1. The van der Waals surface area contributed by atoms with Crippen LogP contribution in [0.25, 0.3) is 0 Å². The van der Waals surface area contributed by atoms with Crippen LogP contribution in [0.15, 0.2) is 42.5 Å². The van der Waals surface area contributed by atoms with Gasteiger partial charge in [0.05, 0.1) is 12.8 Å². The molecule has 4 nitrogen and oxygen atoms in total. The highest BCUT2D eigenvalue weighted by Crippen LogP contribution is 2.47. The lowest BCUT2D eigenvalue weighted by molar-refractivity contribution is 0.251. The van der Waals surface area contributed by atoms with Crippen molar-refractivity contribution in [2.45, 2.75) is 18.3 Å². The van der Waals surface area contributed by atoms with Crippen molar-refractivity contribution in [2.75, 3.05) is 19.0 Å². The normalized spacial score (nSPS) is 14.8. The highest BCUT2D eigenvalue weighted by atomic mass is 19.1. The van der Waals surface area contributed by atoms with Crippen molar-refractivity contribution in [1.82, 2.24) is 5.32 Å². The van der Waals surface area contributed by atoms with Crippen molar-refractivity contribution < 1.29 is 18.3 Å². The van der Waals surface area contributed by atoms with E-state index in [0.29, 0.717) is 6.54 Å². The second-order valence-corrected chi connectivity index (χ2v) is 5.94. The fourth-order valence-corrected chi connectivity index (χ4v) is 2.67. The van der Waals surface area contributed by atoms with Gasteiger partial charge in [0.25, 0.3) is 0 Å². The molecule has 1 fully saturated rings. The first-order valence-electron chi connectivity index (χ1n) is 7.67. The molecule has 0 saturated heterocycles.